The Bertz CT molecular complexity index is 254. The van der Waals surface area contributed by atoms with Crippen molar-refractivity contribution in [2.75, 3.05) is 33.9 Å². The SMILES string of the molecule is COCCN(C)S(=O)(=O)NCCC(C)N. The summed E-state index contributed by atoms with van der Waals surface area (Å²) in [4.78, 5) is 0. The van der Waals surface area contributed by atoms with Gasteiger partial charge in [0, 0.05) is 33.3 Å². The second-order valence-electron chi connectivity index (χ2n) is 3.48. The minimum Gasteiger partial charge on any atom is -0.383 e. The van der Waals surface area contributed by atoms with Crippen LogP contribution in [0.15, 0.2) is 0 Å². The Morgan fingerprint density at radius 1 is 1.53 bits per heavy atom. The summed E-state index contributed by atoms with van der Waals surface area (Å²) in [7, 11) is -0.342. The maximum atomic E-state index is 11.5. The van der Waals surface area contributed by atoms with Crippen molar-refractivity contribution in [3.8, 4) is 0 Å². The summed E-state index contributed by atoms with van der Waals surface area (Å²) in [6, 6.07) is -0.00280. The number of likely N-dealkylation sites (N-methyl/N-ethyl adjacent to an activating group) is 1. The molecule has 0 spiro atoms. The molecule has 15 heavy (non-hydrogen) atoms. The van der Waals surface area contributed by atoms with Gasteiger partial charge in [-0.1, -0.05) is 0 Å². The van der Waals surface area contributed by atoms with E-state index in [0.717, 1.165) is 0 Å². The molecule has 92 valence electrons. The van der Waals surface area contributed by atoms with E-state index < -0.39 is 10.2 Å². The van der Waals surface area contributed by atoms with Crippen LogP contribution in [0, 0.1) is 0 Å². The Morgan fingerprint density at radius 2 is 2.13 bits per heavy atom. The molecule has 0 fully saturated rings. The van der Waals surface area contributed by atoms with Crippen LogP contribution in [-0.2, 0) is 14.9 Å². The number of rotatable bonds is 8. The highest BCUT2D eigenvalue weighted by Crippen LogP contribution is 1.94. The van der Waals surface area contributed by atoms with Crippen LogP contribution < -0.4 is 10.5 Å². The summed E-state index contributed by atoms with van der Waals surface area (Å²) in [6.45, 7) is 2.91. The average Bonchev–Trinajstić information content (AvgIpc) is 2.13. The molecule has 1 atom stereocenters. The topological polar surface area (TPSA) is 84.7 Å². The summed E-state index contributed by atoms with van der Waals surface area (Å²) in [6.07, 6.45) is 0.622. The lowest BCUT2D eigenvalue weighted by Gasteiger charge is -2.17. The fourth-order valence-electron chi connectivity index (χ4n) is 0.866. The van der Waals surface area contributed by atoms with E-state index in [1.165, 1.54) is 18.5 Å². The van der Waals surface area contributed by atoms with Gasteiger partial charge in [-0.15, -0.1) is 0 Å². The molecule has 0 aromatic rings. The smallest absolute Gasteiger partial charge is 0.279 e. The zero-order valence-electron chi connectivity index (χ0n) is 9.56. The fourth-order valence-corrected chi connectivity index (χ4v) is 1.78. The molecular weight excluding hydrogens is 218 g/mol. The molecule has 0 aromatic carbocycles. The van der Waals surface area contributed by atoms with Gasteiger partial charge >= 0.3 is 0 Å². The van der Waals surface area contributed by atoms with Crippen molar-refractivity contribution in [1.82, 2.24) is 9.03 Å². The zero-order valence-corrected chi connectivity index (χ0v) is 10.4. The first-order valence-corrected chi connectivity index (χ1v) is 6.29. The number of nitrogens with two attached hydrogens (primary N) is 1. The van der Waals surface area contributed by atoms with E-state index in [1.54, 1.807) is 0 Å². The van der Waals surface area contributed by atoms with E-state index in [4.69, 9.17) is 10.5 Å². The molecule has 0 radical (unpaired) electrons. The molecule has 0 bridgehead atoms. The van der Waals surface area contributed by atoms with Crippen molar-refractivity contribution >= 4 is 10.2 Å². The summed E-state index contributed by atoms with van der Waals surface area (Å²) in [5.41, 5.74) is 5.51. The standard InChI is InChI=1S/C8H21N3O3S/c1-8(9)4-5-10-15(12,13)11(2)6-7-14-3/h8,10H,4-7,9H2,1-3H3. The van der Waals surface area contributed by atoms with Crippen LogP contribution in [0.1, 0.15) is 13.3 Å². The van der Waals surface area contributed by atoms with E-state index in [2.05, 4.69) is 4.72 Å². The van der Waals surface area contributed by atoms with Gasteiger partial charge in [0.15, 0.2) is 0 Å². The molecule has 7 heteroatoms. The summed E-state index contributed by atoms with van der Waals surface area (Å²) in [5.74, 6) is 0. The highest BCUT2D eigenvalue weighted by Gasteiger charge is 2.16. The molecule has 3 N–H and O–H groups in total. The van der Waals surface area contributed by atoms with Crippen LogP contribution in [0.2, 0.25) is 0 Å². The number of nitrogens with zero attached hydrogens (tertiary/aromatic N) is 1. The molecular formula is C8H21N3O3S. The maximum Gasteiger partial charge on any atom is 0.279 e. The monoisotopic (exact) mass is 239 g/mol. The van der Waals surface area contributed by atoms with Gasteiger partial charge in [-0.25, -0.2) is 4.72 Å². The van der Waals surface area contributed by atoms with Crippen LogP contribution >= 0.6 is 0 Å². The van der Waals surface area contributed by atoms with Gasteiger partial charge in [0.1, 0.15) is 0 Å². The molecule has 0 saturated heterocycles. The van der Waals surface area contributed by atoms with Crippen LogP contribution in [0.3, 0.4) is 0 Å². The Labute approximate surface area is 92.0 Å². The zero-order chi connectivity index (χ0) is 11.9. The summed E-state index contributed by atoms with van der Waals surface area (Å²) < 4.78 is 31.6. The van der Waals surface area contributed by atoms with E-state index in [0.29, 0.717) is 26.1 Å². The lowest BCUT2D eigenvalue weighted by Crippen LogP contribution is -2.41. The molecule has 1 unspecified atom stereocenters. The average molecular weight is 239 g/mol. The van der Waals surface area contributed by atoms with Crippen LogP contribution in [0.5, 0.6) is 0 Å². The molecule has 0 rings (SSSR count). The first kappa shape index (κ1) is 14.8. The van der Waals surface area contributed by atoms with Gasteiger partial charge in [-0.3, -0.25) is 0 Å². The van der Waals surface area contributed by atoms with Crippen molar-refractivity contribution in [2.24, 2.45) is 5.73 Å². The third kappa shape index (κ3) is 6.80. The first-order chi connectivity index (χ1) is 6.90. The minimum atomic E-state index is -3.38. The number of nitrogens with one attached hydrogen (secondary N) is 1. The molecule has 0 aromatic heterocycles. The molecule has 0 heterocycles. The van der Waals surface area contributed by atoms with E-state index in [9.17, 15) is 8.42 Å². The third-order valence-electron chi connectivity index (χ3n) is 1.90. The molecule has 0 amide bonds. The third-order valence-corrected chi connectivity index (χ3v) is 3.48. The van der Waals surface area contributed by atoms with Crippen LogP contribution in [0.4, 0.5) is 0 Å². The quantitative estimate of drug-likeness (QED) is 0.577. The Kier molecular flexibility index (Phi) is 7.03. The van der Waals surface area contributed by atoms with Crippen LogP contribution in [-0.4, -0.2) is 52.6 Å². The Balaban J connectivity index is 3.95. The van der Waals surface area contributed by atoms with E-state index in [1.807, 2.05) is 6.92 Å². The molecule has 0 aliphatic heterocycles. The number of hydrogen-bond donors (Lipinski definition) is 2. The van der Waals surface area contributed by atoms with Gasteiger partial charge in [-0.05, 0) is 13.3 Å². The first-order valence-electron chi connectivity index (χ1n) is 4.85. The van der Waals surface area contributed by atoms with E-state index >= 15 is 0 Å². The van der Waals surface area contributed by atoms with Gasteiger partial charge in [0.25, 0.3) is 10.2 Å². The predicted molar refractivity (Wildman–Crippen MR) is 59.7 cm³/mol. The lowest BCUT2D eigenvalue weighted by molar-refractivity contribution is 0.184. The maximum absolute atomic E-state index is 11.5. The van der Waals surface area contributed by atoms with E-state index in [-0.39, 0.29) is 6.04 Å². The molecule has 0 aliphatic rings. The molecule has 6 nitrogen and oxygen atoms in total. The summed E-state index contributed by atoms with van der Waals surface area (Å²) in [5, 5.41) is 0. The van der Waals surface area contributed by atoms with Crippen molar-refractivity contribution < 1.29 is 13.2 Å². The second-order valence-corrected chi connectivity index (χ2v) is 5.34. The van der Waals surface area contributed by atoms with Gasteiger partial charge in [-0.2, -0.15) is 12.7 Å². The van der Waals surface area contributed by atoms with Crippen molar-refractivity contribution in [3.63, 3.8) is 0 Å². The fraction of sp³-hybridized carbons (Fsp3) is 1.00. The van der Waals surface area contributed by atoms with Gasteiger partial charge in [0.05, 0.1) is 6.61 Å². The van der Waals surface area contributed by atoms with Crippen molar-refractivity contribution in [2.45, 2.75) is 19.4 Å². The number of ether oxygens (including phenoxy) is 1. The predicted octanol–water partition coefficient (Wildman–Crippen LogP) is -0.864. The Hall–Kier alpha value is -0.210. The highest BCUT2D eigenvalue weighted by atomic mass is 32.2. The van der Waals surface area contributed by atoms with Crippen LogP contribution in [0.25, 0.3) is 0 Å². The number of hydrogen-bond acceptors (Lipinski definition) is 4. The molecule has 0 aliphatic carbocycles. The highest BCUT2D eigenvalue weighted by molar-refractivity contribution is 7.87. The lowest BCUT2D eigenvalue weighted by atomic mass is 10.3. The summed E-state index contributed by atoms with van der Waals surface area (Å²) >= 11 is 0. The van der Waals surface area contributed by atoms with Gasteiger partial charge in [0.2, 0.25) is 0 Å². The second kappa shape index (κ2) is 7.13. The molecule has 0 saturated carbocycles. The number of methoxy groups -OCH3 is 1. The largest absolute Gasteiger partial charge is 0.383 e. The van der Waals surface area contributed by atoms with Gasteiger partial charge < -0.3 is 10.5 Å². The normalized spacial score (nSPS) is 14.5. The van der Waals surface area contributed by atoms with Crippen molar-refractivity contribution in [1.29, 1.82) is 0 Å². The Morgan fingerprint density at radius 3 is 2.60 bits per heavy atom. The van der Waals surface area contributed by atoms with Crippen molar-refractivity contribution in [3.05, 3.63) is 0 Å². The minimum absolute atomic E-state index is 0.00280.